The highest BCUT2D eigenvalue weighted by Crippen LogP contribution is 2.15. The molecule has 1 aliphatic rings. The van der Waals surface area contributed by atoms with E-state index in [1.54, 1.807) is 20.8 Å². The summed E-state index contributed by atoms with van der Waals surface area (Å²) in [5, 5.41) is 10.9. The van der Waals surface area contributed by atoms with E-state index < -0.39 is 11.7 Å². The van der Waals surface area contributed by atoms with Crippen molar-refractivity contribution < 1.29 is 19.4 Å². The van der Waals surface area contributed by atoms with Crippen molar-refractivity contribution in [1.29, 1.82) is 0 Å². The molecule has 0 radical (unpaired) electrons. The normalized spacial score (nSPS) is 20.7. The second kappa shape index (κ2) is 4.59. The van der Waals surface area contributed by atoms with Crippen molar-refractivity contribution in [3.63, 3.8) is 0 Å². The van der Waals surface area contributed by atoms with Crippen LogP contribution in [-0.4, -0.2) is 46.9 Å². The van der Waals surface area contributed by atoms with E-state index in [-0.39, 0.29) is 12.1 Å². The smallest absolute Gasteiger partial charge is 0.410 e. The molecule has 1 saturated heterocycles. The van der Waals surface area contributed by atoms with Gasteiger partial charge in [-0.2, -0.15) is 0 Å². The molecule has 0 unspecified atom stereocenters. The number of amides is 2. The van der Waals surface area contributed by atoms with Gasteiger partial charge in [0.15, 0.2) is 0 Å². The summed E-state index contributed by atoms with van der Waals surface area (Å²) in [7, 11) is 0. The third kappa shape index (κ3) is 3.96. The number of ether oxygens (including phenoxy) is 1. The minimum Gasteiger partial charge on any atom is -0.465 e. The van der Waals surface area contributed by atoms with Crippen molar-refractivity contribution in [2.24, 2.45) is 0 Å². The summed E-state index contributed by atoms with van der Waals surface area (Å²) >= 11 is 0. The topological polar surface area (TPSA) is 78.9 Å². The third-order valence-electron chi connectivity index (χ3n) is 2.17. The Hall–Kier alpha value is -1.46. The molecule has 2 amide bonds. The maximum atomic E-state index is 11.6. The number of carbonyl (C=O) groups excluding carboxylic acids is 1. The van der Waals surface area contributed by atoms with Crippen LogP contribution in [0.1, 0.15) is 27.2 Å². The second-order valence-corrected chi connectivity index (χ2v) is 4.86. The van der Waals surface area contributed by atoms with Crippen LogP contribution in [-0.2, 0) is 4.74 Å². The molecule has 1 heterocycles. The quantitative estimate of drug-likeness (QED) is 0.710. The highest BCUT2D eigenvalue weighted by molar-refractivity contribution is 5.69. The Morgan fingerprint density at radius 2 is 2.06 bits per heavy atom. The van der Waals surface area contributed by atoms with Gasteiger partial charge in [0.05, 0.1) is 6.04 Å². The number of likely N-dealkylation sites (tertiary alicyclic amines) is 1. The molecule has 0 aromatic rings. The maximum Gasteiger partial charge on any atom is 0.410 e. The van der Waals surface area contributed by atoms with E-state index in [4.69, 9.17) is 9.84 Å². The Bertz CT molecular complexity index is 285. The molecule has 6 nitrogen and oxygen atoms in total. The first-order chi connectivity index (χ1) is 7.28. The zero-order valence-corrected chi connectivity index (χ0v) is 9.82. The van der Waals surface area contributed by atoms with Crippen molar-refractivity contribution in [2.75, 3.05) is 13.1 Å². The summed E-state index contributed by atoms with van der Waals surface area (Å²) in [6.07, 6.45) is -0.816. The van der Waals surface area contributed by atoms with Gasteiger partial charge in [-0.15, -0.1) is 0 Å². The van der Waals surface area contributed by atoms with Crippen molar-refractivity contribution in [2.45, 2.75) is 38.8 Å². The molecule has 0 aromatic carbocycles. The molecule has 1 fully saturated rings. The van der Waals surface area contributed by atoms with Gasteiger partial charge < -0.3 is 20.1 Å². The number of nitrogens with one attached hydrogen (secondary N) is 1. The molecule has 92 valence electrons. The van der Waals surface area contributed by atoms with Crippen molar-refractivity contribution in [3.05, 3.63) is 0 Å². The lowest BCUT2D eigenvalue weighted by atomic mass is 10.2. The predicted molar refractivity (Wildman–Crippen MR) is 57.4 cm³/mol. The van der Waals surface area contributed by atoms with Gasteiger partial charge in [-0.05, 0) is 27.2 Å². The second-order valence-electron chi connectivity index (χ2n) is 4.86. The number of hydrogen-bond donors (Lipinski definition) is 2. The molecule has 1 rings (SSSR count). The van der Waals surface area contributed by atoms with Crippen LogP contribution in [0.4, 0.5) is 9.59 Å². The molecule has 0 saturated carbocycles. The third-order valence-corrected chi connectivity index (χ3v) is 2.17. The average Bonchev–Trinajstić information content (AvgIpc) is 2.48. The molecule has 2 N–H and O–H groups in total. The molecule has 1 aliphatic heterocycles. The van der Waals surface area contributed by atoms with Crippen LogP contribution in [0.3, 0.4) is 0 Å². The van der Waals surface area contributed by atoms with E-state index >= 15 is 0 Å². The van der Waals surface area contributed by atoms with Crippen LogP contribution < -0.4 is 5.32 Å². The van der Waals surface area contributed by atoms with E-state index in [1.165, 1.54) is 4.90 Å². The molecule has 0 aromatic heterocycles. The summed E-state index contributed by atoms with van der Waals surface area (Å²) in [6.45, 7) is 6.30. The van der Waals surface area contributed by atoms with Crippen LogP contribution in [0.25, 0.3) is 0 Å². The van der Waals surface area contributed by atoms with Crippen LogP contribution in [0.5, 0.6) is 0 Å². The van der Waals surface area contributed by atoms with Crippen molar-refractivity contribution in [1.82, 2.24) is 10.2 Å². The lowest BCUT2D eigenvalue weighted by Crippen LogP contribution is -2.39. The number of hydrogen-bond acceptors (Lipinski definition) is 3. The summed E-state index contributed by atoms with van der Waals surface area (Å²) < 4.78 is 5.19. The summed E-state index contributed by atoms with van der Waals surface area (Å²) in [4.78, 5) is 23.6. The molecule has 16 heavy (non-hydrogen) atoms. The summed E-state index contributed by atoms with van der Waals surface area (Å²) in [5.41, 5.74) is -0.518. The van der Waals surface area contributed by atoms with Crippen molar-refractivity contribution >= 4 is 12.2 Å². The zero-order chi connectivity index (χ0) is 12.3. The lowest BCUT2D eigenvalue weighted by molar-refractivity contribution is 0.0290. The molecule has 1 atom stereocenters. The average molecular weight is 230 g/mol. The van der Waals surface area contributed by atoms with Gasteiger partial charge in [0.2, 0.25) is 0 Å². The Kier molecular flexibility index (Phi) is 3.62. The standard InChI is InChI=1S/C10H18N2O4/c1-10(2,3)16-9(15)12-5-4-7(6-12)11-8(13)14/h7,11H,4-6H2,1-3H3,(H,13,14)/t7-/m1/s1. The van der Waals surface area contributed by atoms with E-state index in [0.29, 0.717) is 19.5 Å². The first kappa shape index (κ1) is 12.6. The molecule has 6 heteroatoms. The highest BCUT2D eigenvalue weighted by atomic mass is 16.6. The van der Waals surface area contributed by atoms with Crippen molar-refractivity contribution in [3.8, 4) is 0 Å². The predicted octanol–water partition coefficient (Wildman–Crippen LogP) is 1.26. The molecule has 0 bridgehead atoms. The van der Waals surface area contributed by atoms with E-state index in [9.17, 15) is 9.59 Å². The molecular weight excluding hydrogens is 212 g/mol. The van der Waals surface area contributed by atoms with Crippen LogP contribution in [0.2, 0.25) is 0 Å². The summed E-state index contributed by atoms with van der Waals surface area (Å²) in [5.74, 6) is 0. The van der Waals surface area contributed by atoms with Crippen LogP contribution in [0.15, 0.2) is 0 Å². The molecular formula is C10H18N2O4. The van der Waals surface area contributed by atoms with Gasteiger partial charge in [-0.3, -0.25) is 0 Å². The minimum absolute atomic E-state index is 0.190. The highest BCUT2D eigenvalue weighted by Gasteiger charge is 2.30. The Balaban J connectivity index is 2.41. The van der Waals surface area contributed by atoms with Crippen LogP contribution >= 0.6 is 0 Å². The van der Waals surface area contributed by atoms with Gasteiger partial charge in [-0.25, -0.2) is 9.59 Å². The van der Waals surface area contributed by atoms with Gasteiger partial charge in [0.25, 0.3) is 0 Å². The van der Waals surface area contributed by atoms with E-state index in [0.717, 1.165) is 0 Å². The van der Waals surface area contributed by atoms with Crippen LogP contribution in [0, 0.1) is 0 Å². The fourth-order valence-electron chi connectivity index (χ4n) is 1.55. The first-order valence-corrected chi connectivity index (χ1v) is 5.25. The number of carboxylic acid groups (broad SMARTS) is 1. The molecule has 0 spiro atoms. The summed E-state index contributed by atoms with van der Waals surface area (Å²) in [6, 6.07) is -0.190. The Labute approximate surface area is 94.6 Å². The Morgan fingerprint density at radius 3 is 2.56 bits per heavy atom. The fourth-order valence-corrected chi connectivity index (χ4v) is 1.55. The minimum atomic E-state index is -1.06. The SMILES string of the molecule is CC(C)(C)OC(=O)N1CC[C@@H](NC(=O)O)C1. The monoisotopic (exact) mass is 230 g/mol. The zero-order valence-electron chi connectivity index (χ0n) is 9.82. The number of nitrogens with zero attached hydrogens (tertiary/aromatic N) is 1. The number of carbonyl (C=O) groups is 2. The fraction of sp³-hybridized carbons (Fsp3) is 0.800. The molecule has 0 aliphatic carbocycles. The Morgan fingerprint density at radius 1 is 1.44 bits per heavy atom. The largest absolute Gasteiger partial charge is 0.465 e. The van der Waals surface area contributed by atoms with Gasteiger partial charge in [-0.1, -0.05) is 0 Å². The number of rotatable bonds is 1. The van der Waals surface area contributed by atoms with E-state index in [1.807, 2.05) is 0 Å². The maximum absolute atomic E-state index is 11.6. The van der Waals surface area contributed by atoms with Gasteiger partial charge in [0, 0.05) is 13.1 Å². The first-order valence-electron chi connectivity index (χ1n) is 5.25. The van der Waals surface area contributed by atoms with Gasteiger partial charge in [0.1, 0.15) is 5.60 Å². The van der Waals surface area contributed by atoms with Gasteiger partial charge >= 0.3 is 12.2 Å². The lowest BCUT2D eigenvalue weighted by Gasteiger charge is -2.24. The van der Waals surface area contributed by atoms with E-state index in [2.05, 4.69) is 5.32 Å².